The van der Waals surface area contributed by atoms with E-state index in [9.17, 15) is 4.79 Å². The number of carbonyl (C=O) groups excluding carboxylic acids is 1. The second-order valence-electron chi connectivity index (χ2n) is 6.22. The second-order valence-corrected chi connectivity index (χ2v) is 6.64. The molecule has 1 aromatic rings. The minimum Gasteiger partial charge on any atom is -0.352 e. The predicted octanol–water partition coefficient (Wildman–Crippen LogP) is 2.62. The average Bonchev–Trinajstić information content (AvgIpc) is 2.66. The molecule has 1 atom stereocenters. The molecule has 5 nitrogen and oxygen atoms in total. The van der Waals surface area contributed by atoms with Crippen LogP contribution in [0.25, 0.3) is 0 Å². The molecule has 0 aliphatic heterocycles. The Labute approximate surface area is 160 Å². The molecule has 0 fully saturated rings. The highest BCUT2D eigenvalue weighted by Gasteiger charge is 2.18. The molecule has 1 amide bonds. The van der Waals surface area contributed by atoms with Crippen molar-refractivity contribution in [3.63, 3.8) is 0 Å². The summed E-state index contributed by atoms with van der Waals surface area (Å²) in [6.45, 7) is 5.85. The molecular weight excluding hydrogens is 344 g/mol. The fourth-order valence-corrected chi connectivity index (χ4v) is 2.92. The Morgan fingerprint density at radius 2 is 2.23 bits per heavy atom. The number of nitrogens with two attached hydrogens (primary N) is 1. The van der Waals surface area contributed by atoms with Crippen LogP contribution < -0.4 is 11.1 Å². The lowest BCUT2D eigenvalue weighted by Gasteiger charge is -2.23. The molecule has 26 heavy (non-hydrogen) atoms. The first-order chi connectivity index (χ1) is 12.5. The Morgan fingerprint density at radius 3 is 2.85 bits per heavy atom. The van der Waals surface area contributed by atoms with Gasteiger partial charge in [0.25, 0.3) is 0 Å². The lowest BCUT2D eigenvalue weighted by molar-refractivity contribution is -0.123. The van der Waals surface area contributed by atoms with Gasteiger partial charge in [0.15, 0.2) is 5.17 Å². The maximum absolute atomic E-state index is 12.4. The maximum Gasteiger partial charge on any atom is 0.227 e. The molecule has 1 unspecified atom stereocenters. The number of benzene rings is 1. The van der Waals surface area contributed by atoms with Gasteiger partial charge in [0, 0.05) is 26.2 Å². The molecule has 1 aliphatic rings. The zero-order valence-electron chi connectivity index (χ0n) is 14.8. The van der Waals surface area contributed by atoms with E-state index in [0.717, 1.165) is 16.7 Å². The number of amidine groups is 1. The Kier molecular flexibility index (Phi) is 7.69. The molecule has 4 N–H and O–H groups in total. The van der Waals surface area contributed by atoms with Crippen LogP contribution in [0.1, 0.15) is 17.5 Å². The van der Waals surface area contributed by atoms with Gasteiger partial charge in [0.05, 0.1) is 5.92 Å². The summed E-state index contributed by atoms with van der Waals surface area (Å²) in [7, 11) is 0. The van der Waals surface area contributed by atoms with E-state index in [1.165, 1.54) is 0 Å². The molecule has 138 valence electrons. The summed E-state index contributed by atoms with van der Waals surface area (Å²) in [5.74, 6) is -0.153. The van der Waals surface area contributed by atoms with E-state index in [0.29, 0.717) is 32.6 Å². The molecule has 1 aromatic carbocycles. The number of carbonyl (C=O) groups is 1. The summed E-state index contributed by atoms with van der Waals surface area (Å²) in [4.78, 5) is 14.2. The number of allylic oxidation sites excluding steroid dienone is 1. The van der Waals surface area contributed by atoms with E-state index >= 15 is 0 Å². The Balaban J connectivity index is 1.85. The molecule has 0 heterocycles. The van der Waals surface area contributed by atoms with Crippen LogP contribution in [0.3, 0.4) is 0 Å². The number of hydrogen-bond acceptors (Lipinski definition) is 3. The molecule has 0 bridgehead atoms. The molecule has 1 aliphatic carbocycles. The first-order valence-electron chi connectivity index (χ1n) is 8.59. The average molecular weight is 371 g/mol. The molecular formula is C20H26N4OS. The van der Waals surface area contributed by atoms with Gasteiger partial charge in [-0.25, -0.2) is 0 Å². The van der Waals surface area contributed by atoms with E-state index in [1.54, 1.807) is 11.0 Å². The zero-order chi connectivity index (χ0) is 18.9. The van der Waals surface area contributed by atoms with Gasteiger partial charge < -0.3 is 16.0 Å². The summed E-state index contributed by atoms with van der Waals surface area (Å²) in [5.41, 5.74) is 8.82. The van der Waals surface area contributed by atoms with Crippen LogP contribution in [0.2, 0.25) is 0 Å². The fraction of sp³-hybridized carbons (Fsp3) is 0.300. The minimum absolute atomic E-state index is 0.0135. The summed E-state index contributed by atoms with van der Waals surface area (Å²) < 4.78 is 0. The van der Waals surface area contributed by atoms with Crippen LogP contribution in [-0.2, 0) is 17.9 Å². The van der Waals surface area contributed by atoms with Crippen LogP contribution >= 0.6 is 12.6 Å². The summed E-state index contributed by atoms with van der Waals surface area (Å²) in [6.07, 6.45) is 8.33. The van der Waals surface area contributed by atoms with E-state index < -0.39 is 0 Å². The van der Waals surface area contributed by atoms with Gasteiger partial charge in [-0.3, -0.25) is 10.2 Å². The third kappa shape index (κ3) is 5.89. The standard InChI is InChI=1S/C20H26N4OS/c1-2-10-24(20(22)26)14-15-6-8-18(9-7-15)19(25)23-13-17-5-3-4-16(11-17)12-21/h2-8,11,18H,1,9-10,12-14,21H2,(H2,22,26)(H,23,25). The Morgan fingerprint density at radius 1 is 1.46 bits per heavy atom. The van der Waals surface area contributed by atoms with Crippen molar-refractivity contribution >= 4 is 23.7 Å². The summed E-state index contributed by atoms with van der Waals surface area (Å²) >= 11 is 4.09. The molecule has 0 radical (unpaired) electrons. The Hall–Kier alpha value is -2.31. The van der Waals surface area contributed by atoms with E-state index in [2.05, 4.69) is 24.5 Å². The predicted molar refractivity (Wildman–Crippen MR) is 110 cm³/mol. The van der Waals surface area contributed by atoms with Gasteiger partial charge in [-0.15, -0.1) is 19.2 Å². The topological polar surface area (TPSA) is 82.2 Å². The van der Waals surface area contributed by atoms with Crippen LogP contribution in [0, 0.1) is 11.3 Å². The smallest absolute Gasteiger partial charge is 0.227 e. The monoisotopic (exact) mass is 370 g/mol. The van der Waals surface area contributed by atoms with Crippen molar-refractivity contribution < 1.29 is 4.79 Å². The molecule has 6 heteroatoms. The van der Waals surface area contributed by atoms with Gasteiger partial charge in [0.1, 0.15) is 0 Å². The van der Waals surface area contributed by atoms with Crippen molar-refractivity contribution in [2.45, 2.75) is 19.5 Å². The van der Waals surface area contributed by atoms with Crippen LogP contribution in [0.5, 0.6) is 0 Å². The first kappa shape index (κ1) is 20.0. The van der Waals surface area contributed by atoms with Gasteiger partial charge in [-0.2, -0.15) is 0 Å². The molecule has 2 rings (SSSR count). The number of hydrogen-bond donors (Lipinski definition) is 4. The molecule has 0 saturated heterocycles. The third-order valence-electron chi connectivity index (χ3n) is 4.23. The van der Waals surface area contributed by atoms with E-state index in [-0.39, 0.29) is 17.0 Å². The van der Waals surface area contributed by atoms with E-state index in [1.807, 2.05) is 42.5 Å². The highest BCUT2D eigenvalue weighted by atomic mass is 32.1. The lowest BCUT2D eigenvalue weighted by atomic mass is 9.95. The Bertz CT molecular complexity index is 726. The molecule has 0 aromatic heterocycles. The van der Waals surface area contributed by atoms with Crippen molar-refractivity contribution in [2.75, 3.05) is 13.1 Å². The summed E-state index contributed by atoms with van der Waals surface area (Å²) in [6, 6.07) is 7.92. The third-order valence-corrected chi connectivity index (χ3v) is 4.51. The normalized spacial score (nSPS) is 15.9. The van der Waals surface area contributed by atoms with Gasteiger partial charge in [-0.05, 0) is 23.1 Å². The number of nitrogens with zero attached hydrogens (tertiary/aromatic N) is 1. The number of thiol groups is 1. The lowest BCUT2D eigenvalue weighted by Crippen LogP contribution is -2.31. The largest absolute Gasteiger partial charge is 0.352 e. The van der Waals surface area contributed by atoms with E-state index in [4.69, 9.17) is 11.1 Å². The van der Waals surface area contributed by atoms with Crippen LogP contribution in [0.4, 0.5) is 0 Å². The van der Waals surface area contributed by atoms with Gasteiger partial charge >= 0.3 is 0 Å². The molecule has 0 saturated carbocycles. The first-order valence-corrected chi connectivity index (χ1v) is 9.04. The van der Waals surface area contributed by atoms with Crippen molar-refractivity contribution in [1.82, 2.24) is 10.2 Å². The number of amides is 1. The second kappa shape index (κ2) is 9.99. The number of nitrogens with one attached hydrogen (secondary N) is 2. The van der Waals surface area contributed by atoms with Crippen LogP contribution in [0.15, 0.2) is 60.7 Å². The molecule has 0 spiro atoms. The maximum atomic E-state index is 12.4. The van der Waals surface area contributed by atoms with Crippen molar-refractivity contribution in [3.8, 4) is 0 Å². The van der Waals surface area contributed by atoms with Crippen LogP contribution in [-0.4, -0.2) is 29.1 Å². The fourth-order valence-electron chi connectivity index (χ4n) is 2.77. The highest BCUT2D eigenvalue weighted by Crippen LogP contribution is 2.18. The quantitative estimate of drug-likeness (QED) is 0.246. The minimum atomic E-state index is -0.167. The SMILES string of the molecule is C=CCN(CC1=CCC(C(=O)NCc2cccc(CN)c2)C=C1)C(=N)S. The number of rotatable bonds is 8. The van der Waals surface area contributed by atoms with Crippen molar-refractivity contribution in [1.29, 1.82) is 5.41 Å². The summed E-state index contributed by atoms with van der Waals surface area (Å²) in [5, 5.41) is 10.9. The zero-order valence-corrected chi connectivity index (χ0v) is 15.7. The van der Waals surface area contributed by atoms with Gasteiger partial charge in [-0.1, -0.05) is 48.6 Å². The highest BCUT2D eigenvalue weighted by molar-refractivity contribution is 7.96. The van der Waals surface area contributed by atoms with Gasteiger partial charge in [0.2, 0.25) is 5.91 Å². The van der Waals surface area contributed by atoms with Crippen molar-refractivity contribution in [2.24, 2.45) is 11.7 Å². The van der Waals surface area contributed by atoms with Crippen molar-refractivity contribution in [3.05, 3.63) is 71.8 Å².